The number of rotatable bonds is 2. The van der Waals surface area contributed by atoms with Crippen molar-refractivity contribution < 1.29 is 3.07 Å². The molecule has 0 unspecified atom stereocenters. The number of hydrogen-bond donors (Lipinski definition) is 0. The number of likely N-dealkylation sites (tertiary alicyclic amines) is 1. The molecule has 1 aliphatic rings. The first-order valence-electron chi connectivity index (χ1n) is 5.82. The van der Waals surface area contributed by atoms with Gasteiger partial charge in [-0.2, -0.15) is 0 Å². The van der Waals surface area contributed by atoms with Crippen molar-refractivity contribution in [3.8, 4) is 0 Å². The highest BCUT2D eigenvalue weighted by atomic mass is 127. The Morgan fingerprint density at radius 2 is 1.53 bits per heavy atom. The second-order valence-corrected chi connectivity index (χ2v) is 6.55. The Balaban J connectivity index is 2.50. The first kappa shape index (κ1) is 13.7. The van der Waals surface area contributed by atoms with Gasteiger partial charge in [-0.3, -0.25) is 4.90 Å². The number of hydrogen-bond acceptors (Lipinski definition) is 2. The first-order chi connectivity index (χ1) is 6.77. The average molecular weight is 325 g/mol. The Morgan fingerprint density at radius 1 is 1.07 bits per heavy atom. The molecule has 0 spiro atoms. The van der Waals surface area contributed by atoms with Crippen molar-refractivity contribution in [3.63, 3.8) is 0 Å². The highest BCUT2D eigenvalue weighted by Gasteiger charge is 2.35. The van der Waals surface area contributed by atoms with Gasteiger partial charge in [0, 0.05) is 5.54 Å². The summed E-state index contributed by atoms with van der Waals surface area (Å²) in [5.41, 5.74) is 0.352. The smallest absolute Gasteiger partial charge is 0.110 e. The third kappa shape index (κ3) is 3.56. The summed E-state index contributed by atoms with van der Waals surface area (Å²) in [5, 5.41) is 0. The molecule has 0 aromatic rings. The van der Waals surface area contributed by atoms with Gasteiger partial charge in [0.1, 0.15) is 23.0 Å². The van der Waals surface area contributed by atoms with Crippen LogP contribution in [0.3, 0.4) is 0 Å². The Morgan fingerprint density at radius 3 is 1.87 bits per heavy atom. The van der Waals surface area contributed by atoms with E-state index in [2.05, 4.69) is 39.5 Å². The topological polar surface area (TPSA) is 12.5 Å². The number of halogens is 1. The minimum atomic E-state index is 0.0323. The molecule has 15 heavy (non-hydrogen) atoms. The number of piperidine rings is 1. The molecular weight excluding hydrogens is 301 g/mol. The second kappa shape index (κ2) is 4.88. The zero-order chi connectivity index (χ0) is 11.7. The van der Waals surface area contributed by atoms with Crippen molar-refractivity contribution in [3.05, 3.63) is 0 Å². The molecule has 0 aliphatic carbocycles. The van der Waals surface area contributed by atoms with Crippen LogP contribution in [0.15, 0.2) is 0 Å². The molecular formula is C12H24INO. The fourth-order valence-electron chi connectivity index (χ4n) is 2.31. The SMILES string of the molecule is CC(C)(OI)C1CCN(C(C)(C)C)CC1. The third-order valence-electron chi connectivity index (χ3n) is 3.63. The van der Waals surface area contributed by atoms with Crippen molar-refractivity contribution in [1.29, 1.82) is 0 Å². The van der Waals surface area contributed by atoms with E-state index in [4.69, 9.17) is 3.07 Å². The van der Waals surface area contributed by atoms with Crippen LogP contribution in [0.2, 0.25) is 0 Å². The lowest BCUT2D eigenvalue weighted by molar-refractivity contribution is 0.0150. The molecule has 1 saturated heterocycles. The molecule has 0 saturated carbocycles. The molecule has 1 rings (SSSR count). The van der Waals surface area contributed by atoms with E-state index in [-0.39, 0.29) is 5.60 Å². The first-order valence-corrected chi connectivity index (χ1v) is 6.70. The van der Waals surface area contributed by atoms with E-state index >= 15 is 0 Å². The van der Waals surface area contributed by atoms with E-state index in [0.29, 0.717) is 11.5 Å². The van der Waals surface area contributed by atoms with Crippen LogP contribution in [0.5, 0.6) is 0 Å². The minimum Gasteiger partial charge on any atom is -0.309 e. The lowest BCUT2D eigenvalue weighted by Gasteiger charge is -2.44. The molecule has 1 fully saturated rings. The zero-order valence-electron chi connectivity index (χ0n) is 10.6. The summed E-state index contributed by atoms with van der Waals surface area (Å²) in [5.74, 6) is 0.702. The Bertz CT molecular complexity index is 202. The summed E-state index contributed by atoms with van der Waals surface area (Å²) in [7, 11) is 0. The maximum atomic E-state index is 5.55. The van der Waals surface area contributed by atoms with Crippen molar-refractivity contribution in [2.75, 3.05) is 13.1 Å². The van der Waals surface area contributed by atoms with Gasteiger partial charge >= 0.3 is 0 Å². The van der Waals surface area contributed by atoms with E-state index in [9.17, 15) is 0 Å². The monoisotopic (exact) mass is 325 g/mol. The van der Waals surface area contributed by atoms with Gasteiger partial charge in [-0.05, 0) is 66.5 Å². The minimum absolute atomic E-state index is 0.0323. The summed E-state index contributed by atoms with van der Waals surface area (Å²) in [6.45, 7) is 13.7. The van der Waals surface area contributed by atoms with Crippen molar-refractivity contribution >= 4 is 23.0 Å². The predicted octanol–water partition coefficient (Wildman–Crippen LogP) is 3.64. The normalized spacial score (nSPS) is 22.0. The maximum absolute atomic E-state index is 5.55. The molecule has 0 N–H and O–H groups in total. The quantitative estimate of drug-likeness (QED) is 0.719. The molecule has 2 nitrogen and oxygen atoms in total. The molecule has 1 aliphatic heterocycles. The number of nitrogens with zero attached hydrogens (tertiary/aromatic N) is 1. The molecule has 0 aromatic carbocycles. The van der Waals surface area contributed by atoms with E-state index in [1.54, 1.807) is 0 Å². The second-order valence-electron chi connectivity index (χ2n) is 6.11. The Kier molecular flexibility index (Phi) is 4.46. The lowest BCUT2D eigenvalue weighted by atomic mass is 9.82. The molecule has 0 bridgehead atoms. The fraction of sp³-hybridized carbons (Fsp3) is 1.00. The van der Waals surface area contributed by atoms with E-state index in [1.807, 2.05) is 23.0 Å². The highest BCUT2D eigenvalue weighted by Crippen LogP contribution is 2.34. The zero-order valence-corrected chi connectivity index (χ0v) is 12.8. The fourth-order valence-corrected chi connectivity index (χ4v) is 2.67. The third-order valence-corrected chi connectivity index (χ3v) is 4.76. The van der Waals surface area contributed by atoms with Crippen LogP contribution in [0.4, 0.5) is 0 Å². The van der Waals surface area contributed by atoms with Crippen molar-refractivity contribution in [2.24, 2.45) is 5.92 Å². The van der Waals surface area contributed by atoms with Crippen LogP contribution < -0.4 is 0 Å². The molecule has 0 atom stereocenters. The molecule has 90 valence electrons. The van der Waals surface area contributed by atoms with Gasteiger partial charge < -0.3 is 3.07 Å². The average Bonchev–Trinajstić information content (AvgIpc) is 2.17. The molecule has 0 amide bonds. The van der Waals surface area contributed by atoms with Crippen molar-refractivity contribution in [1.82, 2.24) is 4.90 Å². The van der Waals surface area contributed by atoms with Crippen LogP contribution in [0.25, 0.3) is 0 Å². The van der Waals surface area contributed by atoms with E-state index < -0.39 is 0 Å². The standard InChI is InChI=1S/C12H24INO/c1-11(2,3)14-8-6-10(7-9-14)12(4,5)15-13/h10H,6-9H2,1-5H3. The van der Waals surface area contributed by atoms with Gasteiger partial charge in [-0.1, -0.05) is 0 Å². The maximum Gasteiger partial charge on any atom is 0.110 e. The Hall–Kier alpha value is 0.650. The summed E-state index contributed by atoms with van der Waals surface area (Å²) < 4.78 is 5.55. The van der Waals surface area contributed by atoms with Crippen LogP contribution in [0, 0.1) is 5.92 Å². The summed E-state index contributed by atoms with van der Waals surface area (Å²) in [4.78, 5) is 2.58. The summed E-state index contributed by atoms with van der Waals surface area (Å²) in [6.07, 6.45) is 2.51. The van der Waals surface area contributed by atoms with Crippen LogP contribution in [-0.2, 0) is 3.07 Å². The largest absolute Gasteiger partial charge is 0.309 e. The summed E-state index contributed by atoms with van der Waals surface area (Å²) in [6, 6.07) is 0. The molecule has 0 radical (unpaired) electrons. The molecule has 1 heterocycles. The van der Waals surface area contributed by atoms with Gasteiger partial charge in [-0.25, -0.2) is 0 Å². The van der Waals surface area contributed by atoms with Crippen LogP contribution in [-0.4, -0.2) is 29.1 Å². The Labute approximate surface area is 108 Å². The van der Waals surface area contributed by atoms with Crippen LogP contribution in [0.1, 0.15) is 47.5 Å². The highest BCUT2D eigenvalue weighted by molar-refractivity contribution is 14.1. The van der Waals surface area contributed by atoms with Gasteiger partial charge in [-0.15, -0.1) is 0 Å². The molecule has 3 heteroatoms. The van der Waals surface area contributed by atoms with Gasteiger partial charge in [0.15, 0.2) is 0 Å². The van der Waals surface area contributed by atoms with Gasteiger partial charge in [0.2, 0.25) is 0 Å². The molecule has 0 aromatic heterocycles. The van der Waals surface area contributed by atoms with E-state index in [1.165, 1.54) is 25.9 Å². The predicted molar refractivity (Wildman–Crippen MR) is 73.2 cm³/mol. The summed E-state index contributed by atoms with van der Waals surface area (Å²) >= 11 is 2.04. The lowest BCUT2D eigenvalue weighted by Crippen LogP contribution is -2.49. The van der Waals surface area contributed by atoms with Gasteiger partial charge in [0.25, 0.3) is 0 Å². The van der Waals surface area contributed by atoms with Crippen molar-refractivity contribution in [2.45, 2.75) is 58.6 Å². The van der Waals surface area contributed by atoms with Crippen LogP contribution >= 0.6 is 23.0 Å². The van der Waals surface area contributed by atoms with Gasteiger partial charge in [0.05, 0.1) is 5.60 Å². The van der Waals surface area contributed by atoms with E-state index in [0.717, 1.165) is 0 Å².